The monoisotopic (exact) mass is 308 g/mol. The van der Waals surface area contributed by atoms with E-state index in [-0.39, 0.29) is 5.97 Å². The molecule has 1 fully saturated rings. The van der Waals surface area contributed by atoms with Gasteiger partial charge in [-0.05, 0) is 30.9 Å². The molecule has 0 radical (unpaired) electrons. The second kappa shape index (κ2) is 8.30. The lowest BCUT2D eigenvalue weighted by molar-refractivity contribution is -0.187. The Kier molecular flexibility index (Phi) is 7.04. The minimum Gasteiger partial charge on any atom is -0.467 e. The standard InChI is InChI=1S/C16H22O4.C2H6/c1-5-16(6-2)19-13(14(20-16)15(17)18-4)12-10-8-7-9-11(12)3;1-2/h7-10,13-14H,5-6H2,1-4H3;1-2H3/t13-,14+;/m0./s1. The van der Waals surface area contributed by atoms with E-state index < -0.39 is 18.0 Å². The molecule has 2 rings (SSSR count). The van der Waals surface area contributed by atoms with Crippen LogP contribution in [0.1, 0.15) is 57.8 Å². The first-order valence-electron chi connectivity index (χ1n) is 8.06. The summed E-state index contributed by atoms with van der Waals surface area (Å²) < 4.78 is 16.9. The Morgan fingerprint density at radius 1 is 1.18 bits per heavy atom. The molecule has 0 aromatic heterocycles. The number of carbonyl (C=O) groups excluding carboxylic acids is 1. The summed E-state index contributed by atoms with van der Waals surface area (Å²) in [6.45, 7) is 10.0. The molecular formula is C18H28O4. The van der Waals surface area contributed by atoms with Gasteiger partial charge in [0, 0.05) is 0 Å². The van der Waals surface area contributed by atoms with Gasteiger partial charge in [0.2, 0.25) is 0 Å². The number of rotatable bonds is 4. The topological polar surface area (TPSA) is 44.8 Å². The quantitative estimate of drug-likeness (QED) is 0.783. The van der Waals surface area contributed by atoms with Crippen LogP contribution in [0.25, 0.3) is 0 Å². The number of hydrogen-bond acceptors (Lipinski definition) is 4. The third kappa shape index (κ3) is 3.68. The number of carbonyl (C=O) groups is 1. The third-order valence-corrected chi connectivity index (χ3v) is 3.96. The minimum atomic E-state index is -0.707. The van der Waals surface area contributed by atoms with Crippen LogP contribution in [0.3, 0.4) is 0 Å². The van der Waals surface area contributed by atoms with Gasteiger partial charge in [0.1, 0.15) is 6.10 Å². The van der Waals surface area contributed by atoms with Gasteiger partial charge in [0.25, 0.3) is 0 Å². The van der Waals surface area contributed by atoms with Crippen molar-refractivity contribution in [3.05, 3.63) is 35.4 Å². The van der Waals surface area contributed by atoms with Crippen molar-refractivity contribution in [2.75, 3.05) is 7.11 Å². The zero-order valence-corrected chi connectivity index (χ0v) is 14.5. The Morgan fingerprint density at radius 3 is 2.27 bits per heavy atom. The van der Waals surface area contributed by atoms with Gasteiger partial charge in [-0.15, -0.1) is 0 Å². The van der Waals surface area contributed by atoms with Crippen LogP contribution in [0.4, 0.5) is 0 Å². The molecule has 0 amide bonds. The summed E-state index contributed by atoms with van der Waals surface area (Å²) in [5.41, 5.74) is 2.06. The zero-order valence-electron chi connectivity index (χ0n) is 14.5. The molecule has 0 spiro atoms. The molecule has 2 atom stereocenters. The summed E-state index contributed by atoms with van der Waals surface area (Å²) >= 11 is 0. The number of methoxy groups -OCH3 is 1. The van der Waals surface area contributed by atoms with Crippen molar-refractivity contribution in [3.8, 4) is 0 Å². The van der Waals surface area contributed by atoms with Crippen LogP contribution in [0.2, 0.25) is 0 Å². The number of ether oxygens (including phenoxy) is 3. The molecular weight excluding hydrogens is 280 g/mol. The highest BCUT2D eigenvalue weighted by Gasteiger charge is 2.50. The highest BCUT2D eigenvalue weighted by Crippen LogP contribution is 2.43. The maximum absolute atomic E-state index is 12.0. The number of aryl methyl sites for hydroxylation is 1. The first kappa shape index (κ1) is 18.7. The van der Waals surface area contributed by atoms with E-state index in [2.05, 4.69) is 0 Å². The zero-order chi connectivity index (χ0) is 16.8. The molecule has 0 N–H and O–H groups in total. The van der Waals surface area contributed by atoms with Crippen LogP contribution in [-0.2, 0) is 19.0 Å². The van der Waals surface area contributed by atoms with E-state index in [1.165, 1.54) is 7.11 Å². The summed E-state index contributed by atoms with van der Waals surface area (Å²) in [5.74, 6) is -1.09. The van der Waals surface area contributed by atoms with Crippen LogP contribution in [0.15, 0.2) is 24.3 Å². The predicted molar refractivity (Wildman–Crippen MR) is 86.6 cm³/mol. The number of esters is 1. The fourth-order valence-corrected chi connectivity index (χ4v) is 2.62. The van der Waals surface area contributed by atoms with Crippen LogP contribution < -0.4 is 0 Å². The van der Waals surface area contributed by atoms with Crippen molar-refractivity contribution >= 4 is 5.97 Å². The summed E-state index contributed by atoms with van der Waals surface area (Å²) in [6.07, 6.45) is 0.267. The number of hydrogen-bond donors (Lipinski definition) is 0. The highest BCUT2D eigenvalue weighted by atomic mass is 16.8. The molecule has 0 bridgehead atoms. The van der Waals surface area contributed by atoms with E-state index in [0.717, 1.165) is 11.1 Å². The average Bonchev–Trinajstić information content (AvgIpc) is 2.97. The Bertz CT molecular complexity index is 480. The summed E-state index contributed by atoms with van der Waals surface area (Å²) in [4.78, 5) is 12.0. The van der Waals surface area contributed by atoms with E-state index in [9.17, 15) is 4.79 Å². The summed E-state index contributed by atoms with van der Waals surface area (Å²) in [7, 11) is 1.37. The van der Waals surface area contributed by atoms with Crippen LogP contribution in [-0.4, -0.2) is 25.0 Å². The second-order valence-electron chi connectivity index (χ2n) is 5.07. The van der Waals surface area contributed by atoms with Gasteiger partial charge in [-0.1, -0.05) is 52.0 Å². The fraction of sp³-hybridized carbons (Fsp3) is 0.611. The molecule has 22 heavy (non-hydrogen) atoms. The molecule has 1 aromatic carbocycles. The predicted octanol–water partition coefficient (Wildman–Crippen LogP) is 4.17. The van der Waals surface area contributed by atoms with Crippen molar-refractivity contribution in [1.29, 1.82) is 0 Å². The van der Waals surface area contributed by atoms with Gasteiger partial charge >= 0.3 is 5.97 Å². The molecule has 124 valence electrons. The first-order chi connectivity index (χ1) is 10.6. The van der Waals surface area contributed by atoms with E-state index in [1.807, 2.05) is 58.9 Å². The van der Waals surface area contributed by atoms with Crippen molar-refractivity contribution in [2.24, 2.45) is 0 Å². The molecule has 1 saturated heterocycles. The van der Waals surface area contributed by atoms with Crippen LogP contribution in [0, 0.1) is 6.92 Å². The summed E-state index contributed by atoms with van der Waals surface area (Å²) in [6, 6.07) is 7.89. The lowest BCUT2D eigenvalue weighted by Crippen LogP contribution is -2.32. The smallest absolute Gasteiger partial charge is 0.338 e. The largest absolute Gasteiger partial charge is 0.467 e. The molecule has 1 heterocycles. The lowest BCUT2D eigenvalue weighted by atomic mass is 9.99. The molecule has 1 aliphatic heterocycles. The van der Waals surface area contributed by atoms with Crippen LogP contribution >= 0.6 is 0 Å². The second-order valence-corrected chi connectivity index (χ2v) is 5.07. The third-order valence-electron chi connectivity index (χ3n) is 3.96. The van der Waals surface area contributed by atoms with E-state index >= 15 is 0 Å². The normalized spacial score (nSPS) is 22.6. The first-order valence-corrected chi connectivity index (χ1v) is 8.06. The van der Waals surface area contributed by atoms with E-state index in [4.69, 9.17) is 14.2 Å². The highest BCUT2D eigenvalue weighted by molar-refractivity contribution is 5.76. The molecule has 4 nitrogen and oxygen atoms in total. The Labute approximate surface area is 133 Å². The van der Waals surface area contributed by atoms with Gasteiger partial charge in [-0.25, -0.2) is 4.79 Å². The lowest BCUT2D eigenvalue weighted by Gasteiger charge is -2.25. The molecule has 0 unspecified atom stereocenters. The van der Waals surface area contributed by atoms with Gasteiger partial charge in [-0.3, -0.25) is 0 Å². The Hall–Kier alpha value is -1.39. The van der Waals surface area contributed by atoms with Gasteiger partial charge in [-0.2, -0.15) is 0 Å². The van der Waals surface area contributed by atoms with E-state index in [0.29, 0.717) is 12.8 Å². The van der Waals surface area contributed by atoms with Crippen molar-refractivity contribution in [1.82, 2.24) is 0 Å². The Morgan fingerprint density at radius 2 is 1.77 bits per heavy atom. The van der Waals surface area contributed by atoms with Gasteiger partial charge in [0.05, 0.1) is 7.11 Å². The summed E-state index contributed by atoms with van der Waals surface area (Å²) in [5, 5.41) is 0. The fourth-order valence-electron chi connectivity index (χ4n) is 2.62. The maximum atomic E-state index is 12.0. The average molecular weight is 308 g/mol. The minimum absolute atomic E-state index is 0.387. The number of benzene rings is 1. The molecule has 0 aliphatic carbocycles. The van der Waals surface area contributed by atoms with Gasteiger partial charge in [0.15, 0.2) is 11.9 Å². The molecule has 0 saturated carbocycles. The SMILES string of the molecule is CC.CCC1(CC)O[C@@H](C(=O)OC)[C@H](c2ccccc2C)O1. The molecule has 1 aliphatic rings. The van der Waals surface area contributed by atoms with Crippen molar-refractivity contribution in [3.63, 3.8) is 0 Å². The van der Waals surface area contributed by atoms with Gasteiger partial charge < -0.3 is 14.2 Å². The van der Waals surface area contributed by atoms with Crippen LogP contribution in [0.5, 0.6) is 0 Å². The Balaban J connectivity index is 0.00000116. The maximum Gasteiger partial charge on any atom is 0.338 e. The van der Waals surface area contributed by atoms with E-state index in [1.54, 1.807) is 0 Å². The molecule has 4 heteroatoms. The molecule has 1 aromatic rings. The van der Waals surface area contributed by atoms with Crippen molar-refractivity contribution < 1.29 is 19.0 Å². The van der Waals surface area contributed by atoms with Crippen molar-refractivity contribution in [2.45, 2.75) is 65.5 Å².